The van der Waals surface area contributed by atoms with Gasteiger partial charge in [0.25, 0.3) is 6.47 Å². The maximum absolute atomic E-state index is 9.72. The number of rotatable bonds is 2. The second-order valence-electron chi connectivity index (χ2n) is 1.40. The molecule has 3 nitrogen and oxygen atoms in total. The molecule has 46 valence electrons. The Kier molecular flexibility index (Phi) is 1.80. The van der Waals surface area contributed by atoms with Crippen molar-refractivity contribution < 1.29 is 9.53 Å². The van der Waals surface area contributed by atoms with Crippen molar-refractivity contribution in [3.8, 4) is 5.75 Å². The fraction of sp³-hybridized carbons (Fsp3) is 0. The van der Waals surface area contributed by atoms with Crippen LogP contribution >= 0.6 is 0 Å². The van der Waals surface area contributed by atoms with Crippen molar-refractivity contribution in [1.29, 1.82) is 0 Å². The lowest BCUT2D eigenvalue weighted by atomic mass is 10.5. The predicted molar refractivity (Wildman–Crippen MR) is 30.9 cm³/mol. The van der Waals surface area contributed by atoms with Gasteiger partial charge in [0.1, 0.15) is 5.75 Å². The Bertz CT molecular complexity index is 186. The predicted octanol–water partition coefficient (Wildman–Crippen LogP) is 0.617. The van der Waals surface area contributed by atoms with Gasteiger partial charge in [-0.1, -0.05) is 0 Å². The quantitative estimate of drug-likeness (QED) is 0.541. The zero-order valence-corrected chi connectivity index (χ0v) is 4.65. The van der Waals surface area contributed by atoms with Crippen molar-refractivity contribution in [3.63, 3.8) is 0 Å². The summed E-state index contributed by atoms with van der Waals surface area (Å²) < 4.78 is 4.46. The average molecular weight is 123 g/mol. The number of carbonyl (C=O) groups excluding carboxylic acids is 1. The standard InChI is InChI=1S/C6H5NO2/c8-5-9-6-2-1-3-7-4-6/h1-5H. The SMILES string of the molecule is O=COc1cccnc1. The van der Waals surface area contributed by atoms with E-state index in [1.165, 1.54) is 6.20 Å². The maximum Gasteiger partial charge on any atom is 0.298 e. The molecule has 1 aromatic rings. The second-order valence-corrected chi connectivity index (χ2v) is 1.40. The summed E-state index contributed by atoms with van der Waals surface area (Å²) in [7, 11) is 0. The molecule has 0 aromatic carbocycles. The van der Waals surface area contributed by atoms with E-state index in [-0.39, 0.29) is 0 Å². The average Bonchev–Trinajstić information content (AvgIpc) is 1.91. The first-order valence-corrected chi connectivity index (χ1v) is 2.44. The second kappa shape index (κ2) is 2.81. The van der Waals surface area contributed by atoms with Crippen molar-refractivity contribution in [1.82, 2.24) is 4.98 Å². The van der Waals surface area contributed by atoms with Crippen molar-refractivity contribution >= 4 is 6.47 Å². The van der Waals surface area contributed by atoms with Gasteiger partial charge >= 0.3 is 0 Å². The molecule has 0 radical (unpaired) electrons. The zero-order chi connectivity index (χ0) is 6.53. The van der Waals surface area contributed by atoms with Gasteiger partial charge in [0, 0.05) is 6.20 Å². The van der Waals surface area contributed by atoms with Gasteiger partial charge in [-0.2, -0.15) is 0 Å². The molecule has 0 aliphatic rings. The minimum atomic E-state index is 0.372. The van der Waals surface area contributed by atoms with Crippen LogP contribution in [0.4, 0.5) is 0 Å². The first kappa shape index (κ1) is 5.75. The zero-order valence-electron chi connectivity index (χ0n) is 4.65. The van der Waals surface area contributed by atoms with Gasteiger partial charge in [-0.15, -0.1) is 0 Å². The monoisotopic (exact) mass is 123 g/mol. The van der Waals surface area contributed by atoms with E-state index >= 15 is 0 Å². The van der Waals surface area contributed by atoms with E-state index in [0.717, 1.165) is 0 Å². The smallest absolute Gasteiger partial charge is 0.298 e. The summed E-state index contributed by atoms with van der Waals surface area (Å²) in [6.45, 7) is 0.372. The van der Waals surface area contributed by atoms with Crippen LogP contribution in [0, 0.1) is 0 Å². The number of hydrogen-bond donors (Lipinski definition) is 0. The minimum Gasteiger partial charge on any atom is -0.427 e. The highest BCUT2D eigenvalue weighted by molar-refractivity contribution is 5.43. The van der Waals surface area contributed by atoms with Crippen LogP contribution in [0.25, 0.3) is 0 Å². The van der Waals surface area contributed by atoms with Crippen molar-refractivity contribution in [2.75, 3.05) is 0 Å². The Morgan fingerprint density at radius 1 is 1.67 bits per heavy atom. The van der Waals surface area contributed by atoms with Crippen LogP contribution in [0.5, 0.6) is 5.75 Å². The van der Waals surface area contributed by atoms with Gasteiger partial charge in [-0.3, -0.25) is 9.78 Å². The third-order valence-electron chi connectivity index (χ3n) is 0.819. The largest absolute Gasteiger partial charge is 0.427 e. The molecule has 0 amide bonds. The summed E-state index contributed by atoms with van der Waals surface area (Å²) in [4.78, 5) is 13.4. The van der Waals surface area contributed by atoms with Crippen molar-refractivity contribution in [3.05, 3.63) is 24.5 Å². The molecule has 0 bridgehead atoms. The van der Waals surface area contributed by atoms with E-state index in [4.69, 9.17) is 0 Å². The Hall–Kier alpha value is -1.38. The van der Waals surface area contributed by atoms with Gasteiger partial charge < -0.3 is 4.74 Å². The molecular formula is C6H5NO2. The lowest BCUT2D eigenvalue weighted by molar-refractivity contribution is -0.120. The van der Waals surface area contributed by atoms with E-state index in [2.05, 4.69) is 9.72 Å². The molecule has 0 N–H and O–H groups in total. The number of aromatic nitrogens is 1. The van der Waals surface area contributed by atoms with Crippen LogP contribution in [0.1, 0.15) is 0 Å². The van der Waals surface area contributed by atoms with Crippen LogP contribution in [0.15, 0.2) is 24.5 Å². The summed E-state index contributed by atoms with van der Waals surface area (Å²) in [6.07, 6.45) is 3.08. The lowest BCUT2D eigenvalue weighted by Crippen LogP contribution is -1.87. The molecule has 0 fully saturated rings. The summed E-state index contributed by atoms with van der Waals surface area (Å²) in [5.74, 6) is 0.465. The molecule has 0 saturated carbocycles. The lowest BCUT2D eigenvalue weighted by Gasteiger charge is -1.91. The molecule has 0 saturated heterocycles. The Morgan fingerprint density at radius 2 is 2.56 bits per heavy atom. The maximum atomic E-state index is 9.72. The molecule has 0 unspecified atom stereocenters. The summed E-state index contributed by atoms with van der Waals surface area (Å²) >= 11 is 0. The van der Waals surface area contributed by atoms with Crippen LogP contribution < -0.4 is 4.74 Å². The Morgan fingerprint density at radius 3 is 3.11 bits per heavy atom. The van der Waals surface area contributed by atoms with E-state index in [1.807, 2.05) is 0 Å². The summed E-state index contributed by atoms with van der Waals surface area (Å²) in [5.41, 5.74) is 0. The van der Waals surface area contributed by atoms with E-state index in [0.29, 0.717) is 12.2 Å². The van der Waals surface area contributed by atoms with Gasteiger partial charge in [-0.05, 0) is 12.1 Å². The fourth-order valence-corrected chi connectivity index (χ4v) is 0.472. The highest BCUT2D eigenvalue weighted by Gasteiger charge is 1.85. The number of nitrogens with zero attached hydrogens (tertiary/aromatic N) is 1. The highest BCUT2D eigenvalue weighted by Crippen LogP contribution is 2.03. The fourth-order valence-electron chi connectivity index (χ4n) is 0.472. The molecule has 0 atom stereocenters. The van der Waals surface area contributed by atoms with Crippen LogP contribution in [0.3, 0.4) is 0 Å². The van der Waals surface area contributed by atoms with Gasteiger partial charge in [0.15, 0.2) is 0 Å². The minimum absolute atomic E-state index is 0.372. The van der Waals surface area contributed by atoms with E-state index in [1.54, 1.807) is 18.3 Å². The molecule has 0 spiro atoms. The van der Waals surface area contributed by atoms with Gasteiger partial charge in [0.05, 0.1) is 6.20 Å². The first-order valence-electron chi connectivity index (χ1n) is 2.44. The molecule has 0 aliphatic carbocycles. The molecule has 0 aliphatic heterocycles. The molecule has 3 heteroatoms. The van der Waals surface area contributed by atoms with Gasteiger partial charge in [-0.25, -0.2) is 0 Å². The molecule has 1 aromatic heterocycles. The molecule has 1 heterocycles. The van der Waals surface area contributed by atoms with Crippen LogP contribution in [-0.4, -0.2) is 11.5 Å². The highest BCUT2D eigenvalue weighted by atomic mass is 16.5. The third kappa shape index (κ3) is 1.53. The first-order chi connectivity index (χ1) is 4.43. The molecule has 9 heavy (non-hydrogen) atoms. The number of ether oxygens (including phenoxy) is 1. The van der Waals surface area contributed by atoms with E-state index < -0.39 is 0 Å². The van der Waals surface area contributed by atoms with Crippen LogP contribution in [0.2, 0.25) is 0 Å². The molecule has 1 rings (SSSR count). The number of pyridine rings is 1. The molecular weight excluding hydrogens is 118 g/mol. The normalized spacial score (nSPS) is 8.44. The summed E-state index contributed by atoms with van der Waals surface area (Å²) in [6, 6.07) is 3.35. The third-order valence-corrected chi connectivity index (χ3v) is 0.819. The van der Waals surface area contributed by atoms with E-state index in [9.17, 15) is 4.79 Å². The number of hydrogen-bond acceptors (Lipinski definition) is 3. The van der Waals surface area contributed by atoms with Gasteiger partial charge in [0.2, 0.25) is 0 Å². The summed E-state index contributed by atoms with van der Waals surface area (Å²) in [5, 5.41) is 0. The Balaban J connectivity index is 2.72. The van der Waals surface area contributed by atoms with Crippen molar-refractivity contribution in [2.45, 2.75) is 0 Å². The number of carbonyl (C=O) groups is 1. The Labute approximate surface area is 52.3 Å². The van der Waals surface area contributed by atoms with Crippen LogP contribution in [-0.2, 0) is 4.79 Å². The topological polar surface area (TPSA) is 39.2 Å². The van der Waals surface area contributed by atoms with Crippen molar-refractivity contribution in [2.24, 2.45) is 0 Å².